The van der Waals surface area contributed by atoms with E-state index in [0.717, 1.165) is 18.7 Å². The number of nitrogens with one attached hydrogen (secondary N) is 1. The van der Waals surface area contributed by atoms with Crippen molar-refractivity contribution in [1.29, 1.82) is 0 Å². The standard InChI is InChI=1S/C15H23N7O3/c1-10(2)22-9-17-19-13(22)8-21(3)15(23)16-7-12-18-14(25-20-12)11-5-4-6-24-11/h9-11H,4-8H2,1-3H3,(H,16,23)/t11-/m1/s1. The summed E-state index contributed by atoms with van der Waals surface area (Å²) >= 11 is 0. The third kappa shape index (κ3) is 4.13. The Kier molecular flexibility index (Phi) is 5.27. The zero-order valence-corrected chi connectivity index (χ0v) is 14.7. The zero-order chi connectivity index (χ0) is 17.8. The van der Waals surface area contributed by atoms with Gasteiger partial charge in [-0.1, -0.05) is 5.16 Å². The first-order valence-corrected chi connectivity index (χ1v) is 8.36. The fourth-order valence-corrected chi connectivity index (χ4v) is 2.63. The average molecular weight is 349 g/mol. The first-order valence-electron chi connectivity index (χ1n) is 8.36. The Labute approximate surface area is 145 Å². The van der Waals surface area contributed by atoms with Gasteiger partial charge in [-0.2, -0.15) is 4.98 Å². The molecule has 2 aromatic rings. The molecular weight excluding hydrogens is 326 g/mol. The van der Waals surface area contributed by atoms with Crippen molar-refractivity contribution in [1.82, 2.24) is 35.1 Å². The molecule has 0 aliphatic carbocycles. The van der Waals surface area contributed by atoms with E-state index in [1.54, 1.807) is 13.4 Å². The molecule has 0 spiro atoms. The van der Waals surface area contributed by atoms with Crippen molar-refractivity contribution >= 4 is 6.03 Å². The van der Waals surface area contributed by atoms with Crippen LogP contribution in [0.25, 0.3) is 0 Å². The monoisotopic (exact) mass is 349 g/mol. The lowest BCUT2D eigenvalue weighted by molar-refractivity contribution is 0.0835. The van der Waals surface area contributed by atoms with Crippen LogP contribution in [-0.4, -0.2) is 49.5 Å². The Hall–Kier alpha value is -2.49. The van der Waals surface area contributed by atoms with Gasteiger partial charge in [0.25, 0.3) is 5.89 Å². The number of ether oxygens (including phenoxy) is 1. The van der Waals surface area contributed by atoms with Crippen LogP contribution in [0.1, 0.15) is 56.4 Å². The number of carbonyl (C=O) groups is 1. The summed E-state index contributed by atoms with van der Waals surface area (Å²) in [5.41, 5.74) is 0. The van der Waals surface area contributed by atoms with Crippen molar-refractivity contribution in [3.8, 4) is 0 Å². The maximum absolute atomic E-state index is 12.2. The molecule has 1 aliphatic heterocycles. The highest BCUT2D eigenvalue weighted by Crippen LogP contribution is 2.26. The third-order valence-electron chi connectivity index (χ3n) is 4.02. The molecule has 1 aliphatic rings. The molecular formula is C15H23N7O3. The van der Waals surface area contributed by atoms with Gasteiger partial charge >= 0.3 is 6.03 Å². The molecule has 2 aromatic heterocycles. The number of urea groups is 1. The lowest BCUT2D eigenvalue weighted by Gasteiger charge is -2.18. The van der Waals surface area contributed by atoms with Crippen molar-refractivity contribution < 1.29 is 14.1 Å². The molecule has 0 aromatic carbocycles. The number of aromatic nitrogens is 5. The normalized spacial score (nSPS) is 17.2. The lowest BCUT2D eigenvalue weighted by Crippen LogP contribution is -2.37. The van der Waals surface area contributed by atoms with Crippen LogP contribution in [-0.2, 0) is 17.8 Å². The number of amides is 2. The minimum Gasteiger partial charge on any atom is -0.368 e. The molecule has 0 bridgehead atoms. The first kappa shape index (κ1) is 17.3. The van der Waals surface area contributed by atoms with E-state index in [1.807, 2.05) is 18.4 Å². The molecule has 0 unspecified atom stereocenters. The van der Waals surface area contributed by atoms with Gasteiger partial charge in [-0.05, 0) is 26.7 Å². The molecule has 1 N–H and O–H groups in total. The van der Waals surface area contributed by atoms with Crippen LogP contribution in [0.5, 0.6) is 0 Å². The van der Waals surface area contributed by atoms with E-state index in [0.29, 0.717) is 24.9 Å². The summed E-state index contributed by atoms with van der Waals surface area (Å²) in [4.78, 5) is 18.0. The van der Waals surface area contributed by atoms with Gasteiger partial charge in [0.2, 0.25) is 0 Å². The number of rotatable bonds is 6. The Morgan fingerprint density at radius 1 is 1.52 bits per heavy atom. The molecule has 136 valence electrons. The van der Waals surface area contributed by atoms with Crippen molar-refractivity contribution in [2.75, 3.05) is 13.7 Å². The first-order chi connectivity index (χ1) is 12.0. The Morgan fingerprint density at radius 3 is 3.08 bits per heavy atom. The minimum atomic E-state index is -0.248. The van der Waals surface area contributed by atoms with E-state index in [-0.39, 0.29) is 24.7 Å². The number of nitrogens with zero attached hydrogens (tertiary/aromatic N) is 6. The summed E-state index contributed by atoms with van der Waals surface area (Å²) in [5, 5.41) is 14.6. The van der Waals surface area contributed by atoms with E-state index in [4.69, 9.17) is 9.26 Å². The van der Waals surface area contributed by atoms with Gasteiger partial charge in [0.05, 0.1) is 13.1 Å². The summed E-state index contributed by atoms with van der Waals surface area (Å²) in [6.07, 6.45) is 3.41. The highest BCUT2D eigenvalue weighted by molar-refractivity contribution is 5.73. The van der Waals surface area contributed by atoms with Crippen molar-refractivity contribution in [2.24, 2.45) is 0 Å². The topological polar surface area (TPSA) is 111 Å². The molecule has 10 nitrogen and oxygen atoms in total. The largest absolute Gasteiger partial charge is 0.368 e. The Morgan fingerprint density at radius 2 is 2.36 bits per heavy atom. The van der Waals surface area contributed by atoms with Crippen LogP contribution in [0.15, 0.2) is 10.9 Å². The van der Waals surface area contributed by atoms with Gasteiger partial charge in [-0.25, -0.2) is 4.79 Å². The van der Waals surface area contributed by atoms with Gasteiger partial charge < -0.3 is 24.0 Å². The predicted molar refractivity (Wildman–Crippen MR) is 86.3 cm³/mol. The summed E-state index contributed by atoms with van der Waals surface area (Å²) in [6, 6.07) is -0.0150. The van der Waals surface area contributed by atoms with Crippen LogP contribution < -0.4 is 5.32 Å². The van der Waals surface area contributed by atoms with Crippen LogP contribution in [0.2, 0.25) is 0 Å². The summed E-state index contributed by atoms with van der Waals surface area (Å²) in [6.45, 7) is 5.34. The molecule has 10 heteroatoms. The molecule has 25 heavy (non-hydrogen) atoms. The highest BCUT2D eigenvalue weighted by atomic mass is 16.5. The molecule has 3 rings (SSSR count). The molecule has 1 saturated heterocycles. The molecule has 1 fully saturated rings. The lowest BCUT2D eigenvalue weighted by atomic mass is 10.2. The number of hydrogen-bond acceptors (Lipinski definition) is 7. The second-order valence-electron chi connectivity index (χ2n) is 6.31. The van der Waals surface area contributed by atoms with Gasteiger partial charge in [0.15, 0.2) is 11.6 Å². The maximum atomic E-state index is 12.2. The van der Waals surface area contributed by atoms with Crippen molar-refractivity contribution in [3.63, 3.8) is 0 Å². The summed E-state index contributed by atoms with van der Waals surface area (Å²) < 4.78 is 12.6. The van der Waals surface area contributed by atoms with Crippen molar-refractivity contribution in [2.45, 2.75) is 51.9 Å². The van der Waals surface area contributed by atoms with Gasteiger partial charge in [-0.15, -0.1) is 10.2 Å². The minimum absolute atomic E-state index is 0.123. The van der Waals surface area contributed by atoms with E-state index >= 15 is 0 Å². The smallest absolute Gasteiger partial charge is 0.317 e. The quantitative estimate of drug-likeness (QED) is 0.839. The maximum Gasteiger partial charge on any atom is 0.317 e. The van der Waals surface area contributed by atoms with Crippen LogP contribution >= 0.6 is 0 Å². The second-order valence-corrected chi connectivity index (χ2v) is 6.31. The van der Waals surface area contributed by atoms with Gasteiger partial charge in [-0.3, -0.25) is 0 Å². The molecule has 3 heterocycles. The fraction of sp³-hybridized carbons (Fsp3) is 0.667. The predicted octanol–water partition coefficient (Wildman–Crippen LogP) is 1.44. The van der Waals surface area contributed by atoms with Gasteiger partial charge in [0.1, 0.15) is 12.4 Å². The second kappa shape index (κ2) is 7.60. The van der Waals surface area contributed by atoms with Gasteiger partial charge in [0, 0.05) is 19.7 Å². The van der Waals surface area contributed by atoms with Crippen molar-refractivity contribution in [3.05, 3.63) is 23.9 Å². The van der Waals surface area contributed by atoms with Crippen LogP contribution in [0.3, 0.4) is 0 Å². The van der Waals surface area contributed by atoms with E-state index < -0.39 is 0 Å². The molecule has 0 saturated carbocycles. The van der Waals surface area contributed by atoms with E-state index in [1.165, 1.54) is 4.90 Å². The molecule has 0 radical (unpaired) electrons. The highest BCUT2D eigenvalue weighted by Gasteiger charge is 2.24. The summed E-state index contributed by atoms with van der Waals surface area (Å²) in [7, 11) is 1.70. The number of carbonyl (C=O) groups excluding carboxylic acids is 1. The third-order valence-corrected chi connectivity index (χ3v) is 4.02. The molecule has 1 atom stereocenters. The summed E-state index contributed by atoms with van der Waals surface area (Å²) in [5.74, 6) is 1.63. The Balaban J connectivity index is 1.51. The average Bonchev–Trinajstić information content (AvgIpc) is 3.32. The van der Waals surface area contributed by atoms with E-state index in [9.17, 15) is 4.79 Å². The Bertz CT molecular complexity index is 706. The zero-order valence-electron chi connectivity index (χ0n) is 14.7. The van der Waals surface area contributed by atoms with Crippen LogP contribution in [0.4, 0.5) is 4.79 Å². The van der Waals surface area contributed by atoms with E-state index in [2.05, 4.69) is 25.7 Å². The number of hydrogen-bond donors (Lipinski definition) is 1. The van der Waals surface area contributed by atoms with Crippen LogP contribution in [0, 0.1) is 0 Å². The SMILES string of the molecule is CC(C)n1cnnc1CN(C)C(=O)NCc1noc([C@H]2CCCO2)n1. The molecule has 2 amide bonds. The fourth-order valence-electron chi connectivity index (χ4n) is 2.63.